The largest absolute Gasteiger partial charge is 0.384 e. The fourth-order valence-corrected chi connectivity index (χ4v) is 6.59. The highest BCUT2D eigenvalue weighted by Gasteiger charge is 2.45. The van der Waals surface area contributed by atoms with E-state index in [0.29, 0.717) is 44.0 Å². The Labute approximate surface area is 241 Å². The number of nitrogens with one attached hydrogen (secondary N) is 2. The van der Waals surface area contributed by atoms with Crippen LogP contribution >= 0.6 is 11.3 Å². The molecule has 1 saturated heterocycles. The van der Waals surface area contributed by atoms with Gasteiger partial charge in [0.2, 0.25) is 11.8 Å². The Kier molecular flexibility index (Phi) is 7.70. The lowest BCUT2D eigenvalue weighted by molar-refractivity contribution is -0.133. The first-order chi connectivity index (χ1) is 19.9. The van der Waals surface area contributed by atoms with Crippen LogP contribution in [0, 0.1) is 11.2 Å². The molecule has 0 bridgehead atoms. The summed E-state index contributed by atoms with van der Waals surface area (Å²) in [6.45, 7) is 2.94. The minimum absolute atomic E-state index is 0.0823. The van der Waals surface area contributed by atoms with E-state index in [1.807, 2.05) is 23.1 Å². The average molecular weight is 574 g/mol. The van der Waals surface area contributed by atoms with Gasteiger partial charge >= 0.3 is 0 Å². The Bertz CT molecular complexity index is 1580. The predicted molar refractivity (Wildman–Crippen MR) is 159 cm³/mol. The molecule has 1 fully saturated rings. The van der Waals surface area contributed by atoms with Gasteiger partial charge in [-0.25, -0.2) is 4.39 Å². The van der Waals surface area contributed by atoms with Crippen molar-refractivity contribution in [1.82, 2.24) is 20.0 Å². The number of methoxy groups -OCH3 is 1. The summed E-state index contributed by atoms with van der Waals surface area (Å²) in [4.78, 5) is 32.1. The number of carbonyl (C=O) groups excluding carboxylic acids is 2. The molecular weight excluding hydrogens is 541 g/mol. The Morgan fingerprint density at radius 2 is 2.02 bits per heavy atom. The molecule has 2 aromatic heterocycles. The maximum Gasteiger partial charge on any atom is 0.237 e. The third kappa shape index (κ3) is 5.68. The average Bonchev–Trinajstić information content (AvgIpc) is 3.75. The molecule has 2 aliphatic rings. The number of halogens is 1. The monoisotopic (exact) mass is 573 g/mol. The lowest BCUT2D eigenvalue weighted by atomic mass is 9.87. The van der Waals surface area contributed by atoms with Gasteiger partial charge in [0.15, 0.2) is 0 Å². The number of nitrogens with zero attached hydrogens (tertiary/aromatic N) is 3. The molecule has 1 atom stereocenters. The molecule has 4 heterocycles. The second kappa shape index (κ2) is 11.6. The standard InChI is InChI=1S/C31H32FN5O3S/c1-40-20-31(12-15-36(19-31)18-28(38)37-13-10-21(11-14-37)27-3-2-16-41-27)30(39)33-24-8-9-26-25(17-24)29(35-34-26)22-4-6-23(32)7-5-22/h2-10,16-17H,11-15,18-20H2,1H3,(H,33,39)(H,34,35). The van der Waals surface area contributed by atoms with E-state index >= 15 is 0 Å². The minimum atomic E-state index is -0.770. The molecule has 41 heavy (non-hydrogen) atoms. The van der Waals surface area contributed by atoms with Crippen LogP contribution in [0.4, 0.5) is 10.1 Å². The molecule has 0 saturated carbocycles. The minimum Gasteiger partial charge on any atom is -0.384 e. The van der Waals surface area contributed by atoms with Crippen LogP contribution in [-0.2, 0) is 14.3 Å². The predicted octanol–water partition coefficient (Wildman–Crippen LogP) is 5.02. The molecule has 2 aliphatic heterocycles. The third-order valence-corrected chi connectivity index (χ3v) is 8.98. The zero-order valence-electron chi connectivity index (χ0n) is 22.9. The van der Waals surface area contributed by atoms with Crippen LogP contribution in [0.15, 0.2) is 66.1 Å². The summed E-state index contributed by atoms with van der Waals surface area (Å²) in [6, 6.07) is 15.9. The van der Waals surface area contributed by atoms with Gasteiger partial charge in [0.25, 0.3) is 0 Å². The van der Waals surface area contributed by atoms with Crippen molar-refractivity contribution in [2.75, 3.05) is 51.8 Å². The molecule has 212 valence electrons. The molecule has 10 heteroatoms. The molecule has 2 N–H and O–H groups in total. The van der Waals surface area contributed by atoms with Crippen LogP contribution in [0.3, 0.4) is 0 Å². The molecule has 6 rings (SSSR count). The number of aromatic amines is 1. The summed E-state index contributed by atoms with van der Waals surface area (Å²) in [6.07, 6.45) is 3.60. The first kappa shape index (κ1) is 27.3. The molecule has 0 spiro atoms. The van der Waals surface area contributed by atoms with E-state index in [0.717, 1.165) is 22.9 Å². The Morgan fingerprint density at radius 3 is 2.76 bits per heavy atom. The SMILES string of the molecule is COCC1(C(=O)Nc2ccc3[nH]nc(-c4ccc(F)cc4)c3c2)CCN(CC(=O)N2CC=C(c3cccs3)CC2)C1. The molecular formula is C31H32FN5O3S. The maximum absolute atomic E-state index is 13.7. The number of ether oxygens (including phenoxy) is 1. The van der Waals surface area contributed by atoms with Gasteiger partial charge in [-0.05, 0) is 78.9 Å². The summed E-state index contributed by atoms with van der Waals surface area (Å²) in [5.74, 6) is -0.367. The summed E-state index contributed by atoms with van der Waals surface area (Å²) in [7, 11) is 1.60. The topological polar surface area (TPSA) is 90.6 Å². The number of benzene rings is 2. The first-order valence-electron chi connectivity index (χ1n) is 13.7. The zero-order chi connectivity index (χ0) is 28.4. The van der Waals surface area contributed by atoms with Crippen molar-refractivity contribution in [2.45, 2.75) is 12.8 Å². The summed E-state index contributed by atoms with van der Waals surface area (Å²) in [5.41, 5.74) is 3.45. The number of likely N-dealkylation sites (tertiary alicyclic amines) is 1. The van der Waals surface area contributed by atoms with Crippen molar-refractivity contribution in [2.24, 2.45) is 5.41 Å². The number of amides is 2. The number of rotatable bonds is 8. The van der Waals surface area contributed by atoms with Crippen LogP contribution in [0.1, 0.15) is 17.7 Å². The van der Waals surface area contributed by atoms with E-state index in [-0.39, 0.29) is 30.8 Å². The normalized spacial score (nSPS) is 19.5. The second-order valence-corrected chi connectivity index (χ2v) is 11.7. The van der Waals surface area contributed by atoms with E-state index in [9.17, 15) is 14.0 Å². The van der Waals surface area contributed by atoms with Crippen molar-refractivity contribution in [3.8, 4) is 11.3 Å². The fraction of sp³-hybridized carbons (Fsp3) is 0.323. The second-order valence-electron chi connectivity index (χ2n) is 10.8. The smallest absolute Gasteiger partial charge is 0.237 e. The fourth-order valence-electron chi connectivity index (χ4n) is 5.79. The van der Waals surface area contributed by atoms with Gasteiger partial charge in [0.05, 0.1) is 29.8 Å². The van der Waals surface area contributed by atoms with E-state index in [1.165, 1.54) is 22.6 Å². The third-order valence-electron chi connectivity index (χ3n) is 8.03. The highest BCUT2D eigenvalue weighted by molar-refractivity contribution is 7.11. The van der Waals surface area contributed by atoms with Gasteiger partial charge in [0.1, 0.15) is 5.82 Å². The van der Waals surface area contributed by atoms with Crippen molar-refractivity contribution in [3.05, 3.63) is 76.7 Å². The first-order valence-corrected chi connectivity index (χ1v) is 14.6. The Morgan fingerprint density at radius 1 is 1.17 bits per heavy atom. The number of H-pyrrole nitrogens is 1. The Hall–Kier alpha value is -3.86. The van der Waals surface area contributed by atoms with E-state index in [1.54, 1.807) is 30.6 Å². The van der Waals surface area contributed by atoms with E-state index in [2.05, 4.69) is 44.0 Å². The Balaban J connectivity index is 1.12. The van der Waals surface area contributed by atoms with Gasteiger partial charge in [-0.15, -0.1) is 11.3 Å². The molecule has 2 amide bonds. The molecule has 2 aromatic carbocycles. The van der Waals surface area contributed by atoms with Crippen LogP contribution in [0.2, 0.25) is 0 Å². The lowest BCUT2D eigenvalue weighted by Crippen LogP contribution is -2.45. The summed E-state index contributed by atoms with van der Waals surface area (Å²) < 4.78 is 19.0. The number of anilines is 1. The molecule has 8 nitrogen and oxygen atoms in total. The molecule has 1 unspecified atom stereocenters. The van der Waals surface area contributed by atoms with Crippen molar-refractivity contribution >= 4 is 45.3 Å². The zero-order valence-corrected chi connectivity index (χ0v) is 23.7. The highest BCUT2D eigenvalue weighted by atomic mass is 32.1. The summed E-state index contributed by atoms with van der Waals surface area (Å²) >= 11 is 1.73. The molecule has 0 aliphatic carbocycles. The van der Waals surface area contributed by atoms with Gasteiger partial charge in [-0.2, -0.15) is 5.10 Å². The lowest BCUT2D eigenvalue weighted by Gasteiger charge is -2.30. The number of thiophene rings is 1. The van der Waals surface area contributed by atoms with Gasteiger partial charge in [-0.3, -0.25) is 19.6 Å². The number of aromatic nitrogens is 2. The van der Waals surface area contributed by atoms with Crippen LogP contribution in [0.25, 0.3) is 27.7 Å². The van der Waals surface area contributed by atoms with Crippen LogP contribution < -0.4 is 5.32 Å². The summed E-state index contributed by atoms with van der Waals surface area (Å²) in [5, 5.41) is 13.4. The van der Waals surface area contributed by atoms with Gasteiger partial charge < -0.3 is 15.0 Å². The van der Waals surface area contributed by atoms with Gasteiger partial charge in [0, 0.05) is 48.3 Å². The number of carbonyl (C=O) groups is 2. The van der Waals surface area contributed by atoms with Crippen molar-refractivity contribution in [1.29, 1.82) is 0 Å². The van der Waals surface area contributed by atoms with Crippen molar-refractivity contribution < 1.29 is 18.7 Å². The van der Waals surface area contributed by atoms with Gasteiger partial charge in [-0.1, -0.05) is 12.1 Å². The maximum atomic E-state index is 13.7. The van der Waals surface area contributed by atoms with Crippen LogP contribution in [0.5, 0.6) is 0 Å². The van der Waals surface area contributed by atoms with Crippen LogP contribution in [-0.4, -0.2) is 78.3 Å². The highest BCUT2D eigenvalue weighted by Crippen LogP contribution is 2.34. The quantitative estimate of drug-likeness (QED) is 0.309. The molecule has 0 radical (unpaired) electrons. The van der Waals surface area contributed by atoms with Crippen molar-refractivity contribution in [3.63, 3.8) is 0 Å². The number of hydrogen-bond donors (Lipinski definition) is 2. The number of fused-ring (bicyclic) bond motifs is 1. The van der Waals surface area contributed by atoms with E-state index in [4.69, 9.17) is 4.74 Å². The number of hydrogen-bond acceptors (Lipinski definition) is 6. The molecule has 4 aromatic rings. The van der Waals surface area contributed by atoms with E-state index < -0.39 is 5.41 Å².